The van der Waals surface area contributed by atoms with E-state index in [0.29, 0.717) is 0 Å². The molecule has 1 aromatic carbocycles. The lowest BCUT2D eigenvalue weighted by Crippen LogP contribution is -2.20. The van der Waals surface area contributed by atoms with Crippen molar-refractivity contribution in [3.8, 4) is 0 Å². The molecule has 1 atom stereocenters. The minimum Gasteiger partial charge on any atom is -0.383 e. The zero-order chi connectivity index (χ0) is 9.10. The van der Waals surface area contributed by atoms with Crippen LogP contribution in [0, 0.1) is 0 Å². The molecule has 13 heavy (non-hydrogen) atoms. The van der Waals surface area contributed by atoms with E-state index in [0.717, 1.165) is 11.8 Å². The molecule has 1 aliphatic rings. The zero-order valence-electron chi connectivity index (χ0n) is 7.92. The molecule has 0 saturated heterocycles. The van der Waals surface area contributed by atoms with Crippen LogP contribution in [0.3, 0.4) is 0 Å². The van der Waals surface area contributed by atoms with Crippen LogP contribution in [-0.4, -0.2) is 11.8 Å². The molecule has 1 aliphatic heterocycles. The van der Waals surface area contributed by atoms with E-state index in [1.165, 1.54) is 23.4 Å². The number of anilines is 1. The summed E-state index contributed by atoms with van der Waals surface area (Å²) in [6.45, 7) is 3.37. The van der Waals surface area contributed by atoms with Gasteiger partial charge in [0, 0.05) is 22.4 Å². The molecule has 0 radical (unpaired) electrons. The molecule has 0 spiro atoms. The zero-order valence-corrected chi connectivity index (χ0v) is 8.73. The fraction of sp³-hybridized carbons (Fsp3) is 0.455. The van der Waals surface area contributed by atoms with Crippen molar-refractivity contribution in [1.29, 1.82) is 0 Å². The number of hydrogen-bond donors (Lipinski definition) is 1. The summed E-state index contributed by atoms with van der Waals surface area (Å²) in [5, 5.41) is 4.24. The minimum absolute atomic E-state index is 0.764. The third kappa shape index (κ3) is 1.99. The fourth-order valence-corrected chi connectivity index (χ4v) is 2.95. The van der Waals surface area contributed by atoms with Gasteiger partial charge in [0.2, 0.25) is 0 Å². The lowest BCUT2D eigenvalue weighted by Gasteiger charge is -2.24. The van der Waals surface area contributed by atoms with Crippen LogP contribution in [0.25, 0.3) is 0 Å². The van der Waals surface area contributed by atoms with Crippen molar-refractivity contribution in [2.75, 3.05) is 11.9 Å². The summed E-state index contributed by atoms with van der Waals surface area (Å²) < 4.78 is 0. The Bertz CT molecular complexity index is 285. The van der Waals surface area contributed by atoms with Crippen molar-refractivity contribution in [2.45, 2.75) is 29.9 Å². The third-order valence-electron chi connectivity index (χ3n) is 2.31. The van der Waals surface area contributed by atoms with E-state index >= 15 is 0 Å². The molecule has 1 N–H and O–H groups in total. The summed E-state index contributed by atoms with van der Waals surface area (Å²) in [6, 6.07) is 8.56. The van der Waals surface area contributed by atoms with Gasteiger partial charge in [0.1, 0.15) is 0 Å². The molecule has 0 aliphatic carbocycles. The van der Waals surface area contributed by atoms with Crippen LogP contribution >= 0.6 is 11.8 Å². The van der Waals surface area contributed by atoms with Crippen molar-refractivity contribution in [1.82, 2.24) is 0 Å². The molecule has 2 heteroatoms. The van der Waals surface area contributed by atoms with E-state index in [1.807, 2.05) is 11.8 Å². The average molecular weight is 193 g/mol. The molecule has 0 fully saturated rings. The normalized spacial score (nSPS) is 20.5. The summed E-state index contributed by atoms with van der Waals surface area (Å²) >= 11 is 2.02. The number of para-hydroxylation sites is 1. The van der Waals surface area contributed by atoms with E-state index in [4.69, 9.17) is 0 Å². The summed E-state index contributed by atoms with van der Waals surface area (Å²) in [4.78, 5) is 1.41. The van der Waals surface area contributed by atoms with Crippen LogP contribution in [0.15, 0.2) is 29.2 Å². The number of fused-ring (bicyclic) bond motifs is 1. The molecule has 0 aromatic heterocycles. The summed E-state index contributed by atoms with van der Waals surface area (Å²) in [5.74, 6) is 0. The highest BCUT2D eigenvalue weighted by molar-refractivity contribution is 8.00. The molecule has 1 unspecified atom stereocenters. The average Bonchev–Trinajstić information content (AvgIpc) is 2.18. The van der Waals surface area contributed by atoms with E-state index in [1.54, 1.807) is 0 Å². The van der Waals surface area contributed by atoms with Gasteiger partial charge in [-0.2, -0.15) is 0 Å². The Labute approximate surface area is 83.9 Å². The maximum Gasteiger partial charge on any atom is 0.0478 e. The Balaban J connectivity index is 2.11. The first kappa shape index (κ1) is 8.95. The molecule has 1 nitrogen and oxygen atoms in total. The highest BCUT2D eigenvalue weighted by Gasteiger charge is 2.16. The highest BCUT2D eigenvalue weighted by Crippen LogP contribution is 2.36. The lowest BCUT2D eigenvalue weighted by molar-refractivity contribution is 0.753. The SMILES string of the molecule is CCCC1CNc2ccccc2S1. The molecule has 70 valence electrons. The Kier molecular flexibility index (Phi) is 2.79. The fourth-order valence-electron chi connectivity index (χ4n) is 1.64. The second-order valence-corrected chi connectivity index (χ2v) is 4.75. The predicted molar refractivity (Wildman–Crippen MR) is 59.5 cm³/mol. The summed E-state index contributed by atoms with van der Waals surface area (Å²) in [7, 11) is 0. The molecular formula is C11H15NS. The minimum atomic E-state index is 0.764. The second kappa shape index (κ2) is 4.05. The van der Waals surface area contributed by atoms with Crippen LogP contribution in [0.5, 0.6) is 0 Å². The van der Waals surface area contributed by atoms with Crippen LogP contribution in [0.4, 0.5) is 5.69 Å². The number of nitrogens with one attached hydrogen (secondary N) is 1. The van der Waals surface area contributed by atoms with Gasteiger partial charge in [-0.1, -0.05) is 25.5 Å². The van der Waals surface area contributed by atoms with Crippen LogP contribution in [0.1, 0.15) is 19.8 Å². The largest absolute Gasteiger partial charge is 0.383 e. The molecule has 0 amide bonds. The van der Waals surface area contributed by atoms with Gasteiger partial charge in [-0.25, -0.2) is 0 Å². The highest BCUT2D eigenvalue weighted by atomic mass is 32.2. The third-order valence-corrected chi connectivity index (χ3v) is 3.66. The van der Waals surface area contributed by atoms with E-state index in [-0.39, 0.29) is 0 Å². The quantitative estimate of drug-likeness (QED) is 0.773. The standard InChI is InChI=1S/C11H15NS/c1-2-5-9-8-12-10-6-3-4-7-11(10)13-9/h3-4,6-7,9,12H,2,5,8H2,1H3. The molecule has 0 bridgehead atoms. The Morgan fingerprint density at radius 3 is 3.15 bits per heavy atom. The van der Waals surface area contributed by atoms with Crippen LogP contribution < -0.4 is 5.32 Å². The van der Waals surface area contributed by atoms with Gasteiger partial charge in [0.25, 0.3) is 0 Å². The van der Waals surface area contributed by atoms with Gasteiger partial charge in [0.05, 0.1) is 0 Å². The lowest BCUT2D eigenvalue weighted by atomic mass is 10.2. The number of hydrogen-bond acceptors (Lipinski definition) is 2. The van der Waals surface area contributed by atoms with Gasteiger partial charge < -0.3 is 5.32 Å². The van der Waals surface area contributed by atoms with Gasteiger partial charge in [0.15, 0.2) is 0 Å². The monoisotopic (exact) mass is 193 g/mol. The van der Waals surface area contributed by atoms with E-state index in [2.05, 4.69) is 36.5 Å². The summed E-state index contributed by atoms with van der Waals surface area (Å²) in [6.07, 6.45) is 2.59. The Hall–Kier alpha value is -0.630. The maximum atomic E-state index is 3.48. The molecule has 1 heterocycles. The Morgan fingerprint density at radius 2 is 2.31 bits per heavy atom. The maximum absolute atomic E-state index is 3.48. The van der Waals surface area contributed by atoms with Crippen molar-refractivity contribution in [3.05, 3.63) is 24.3 Å². The first-order chi connectivity index (χ1) is 6.40. The molecule has 1 aromatic rings. The predicted octanol–water partition coefficient (Wildman–Crippen LogP) is 3.37. The first-order valence-electron chi connectivity index (χ1n) is 4.89. The first-order valence-corrected chi connectivity index (χ1v) is 5.77. The van der Waals surface area contributed by atoms with Crippen molar-refractivity contribution >= 4 is 17.4 Å². The number of rotatable bonds is 2. The van der Waals surface area contributed by atoms with Crippen molar-refractivity contribution in [2.24, 2.45) is 0 Å². The van der Waals surface area contributed by atoms with Gasteiger partial charge >= 0.3 is 0 Å². The molecule has 0 saturated carbocycles. The second-order valence-electron chi connectivity index (χ2n) is 3.41. The smallest absolute Gasteiger partial charge is 0.0478 e. The summed E-state index contributed by atoms with van der Waals surface area (Å²) in [5.41, 5.74) is 1.31. The van der Waals surface area contributed by atoms with E-state index < -0.39 is 0 Å². The van der Waals surface area contributed by atoms with E-state index in [9.17, 15) is 0 Å². The van der Waals surface area contributed by atoms with Gasteiger partial charge in [-0.3, -0.25) is 0 Å². The number of thioether (sulfide) groups is 1. The van der Waals surface area contributed by atoms with Crippen LogP contribution in [0.2, 0.25) is 0 Å². The van der Waals surface area contributed by atoms with Gasteiger partial charge in [-0.05, 0) is 18.6 Å². The van der Waals surface area contributed by atoms with Crippen molar-refractivity contribution in [3.63, 3.8) is 0 Å². The number of benzene rings is 1. The van der Waals surface area contributed by atoms with Crippen LogP contribution in [-0.2, 0) is 0 Å². The van der Waals surface area contributed by atoms with Crippen molar-refractivity contribution < 1.29 is 0 Å². The molecular weight excluding hydrogens is 178 g/mol. The topological polar surface area (TPSA) is 12.0 Å². The molecule has 2 rings (SSSR count). The van der Waals surface area contributed by atoms with Gasteiger partial charge in [-0.15, -0.1) is 11.8 Å². The Morgan fingerprint density at radius 1 is 1.46 bits per heavy atom.